The molecule has 2 heterocycles. The number of hydrogen-bond donors (Lipinski definition) is 1. The van der Waals surface area contributed by atoms with Gasteiger partial charge in [-0.15, -0.1) is 0 Å². The summed E-state index contributed by atoms with van der Waals surface area (Å²) in [7, 11) is 0. The lowest BCUT2D eigenvalue weighted by Gasteiger charge is -2.17. The lowest BCUT2D eigenvalue weighted by Crippen LogP contribution is -2.22. The van der Waals surface area contributed by atoms with Crippen LogP contribution in [0.1, 0.15) is 6.42 Å². The molecular weight excluding hydrogens is 202 g/mol. The van der Waals surface area contributed by atoms with Crippen LogP contribution in [-0.4, -0.2) is 34.8 Å². The molecule has 0 aliphatic carbocycles. The van der Waals surface area contributed by atoms with Crippen molar-refractivity contribution in [3.63, 3.8) is 0 Å². The van der Waals surface area contributed by atoms with Gasteiger partial charge in [0.05, 0.1) is 0 Å². The van der Waals surface area contributed by atoms with E-state index in [1.165, 1.54) is 0 Å². The van der Waals surface area contributed by atoms with Crippen LogP contribution in [0, 0.1) is 5.92 Å². The highest BCUT2D eigenvalue weighted by Gasteiger charge is 2.24. The number of nitrogens with zero attached hydrogens (tertiary/aromatic N) is 3. The normalized spacial score (nSPS) is 21.6. The van der Waals surface area contributed by atoms with Gasteiger partial charge in [0.25, 0.3) is 0 Å². The van der Waals surface area contributed by atoms with Crippen molar-refractivity contribution in [1.82, 2.24) is 9.97 Å². The summed E-state index contributed by atoms with van der Waals surface area (Å²) in [6.07, 6.45) is 4.20. The third-order valence-electron chi connectivity index (χ3n) is 2.48. The Morgan fingerprint density at radius 3 is 2.93 bits per heavy atom. The van der Waals surface area contributed by atoms with E-state index in [0.29, 0.717) is 11.1 Å². The summed E-state index contributed by atoms with van der Waals surface area (Å²) in [6, 6.07) is 0. The van der Waals surface area contributed by atoms with Gasteiger partial charge in [0, 0.05) is 38.0 Å². The number of aliphatic hydroxyl groups excluding tert-OH is 1. The molecule has 0 unspecified atom stereocenters. The molecule has 4 nitrogen and oxygen atoms in total. The van der Waals surface area contributed by atoms with Crippen molar-refractivity contribution in [1.29, 1.82) is 0 Å². The average molecular weight is 214 g/mol. The molecule has 14 heavy (non-hydrogen) atoms. The van der Waals surface area contributed by atoms with Crippen molar-refractivity contribution < 1.29 is 5.11 Å². The third kappa shape index (κ3) is 1.81. The van der Waals surface area contributed by atoms with E-state index in [2.05, 4.69) is 14.9 Å². The first-order valence-electron chi connectivity index (χ1n) is 4.63. The maximum absolute atomic E-state index is 9.00. The van der Waals surface area contributed by atoms with E-state index in [1.807, 2.05) is 0 Å². The molecule has 2 rings (SSSR count). The number of aliphatic hydroxyl groups is 1. The molecule has 5 heteroatoms. The molecule has 0 radical (unpaired) electrons. The maximum atomic E-state index is 9.00. The summed E-state index contributed by atoms with van der Waals surface area (Å²) in [4.78, 5) is 10.2. The Balaban J connectivity index is 2.13. The quantitative estimate of drug-likeness (QED) is 0.795. The van der Waals surface area contributed by atoms with Crippen LogP contribution in [-0.2, 0) is 0 Å². The Bertz CT molecular complexity index is 321. The van der Waals surface area contributed by atoms with E-state index < -0.39 is 0 Å². The Hall–Kier alpha value is -0.870. The van der Waals surface area contributed by atoms with Gasteiger partial charge in [-0.1, -0.05) is 11.6 Å². The van der Waals surface area contributed by atoms with Crippen molar-refractivity contribution in [2.75, 3.05) is 24.6 Å². The van der Waals surface area contributed by atoms with Gasteiger partial charge in [0.2, 0.25) is 0 Å². The first-order valence-corrected chi connectivity index (χ1v) is 5.01. The van der Waals surface area contributed by atoms with Gasteiger partial charge in [-0.25, -0.2) is 9.97 Å². The van der Waals surface area contributed by atoms with Gasteiger partial charge in [-0.2, -0.15) is 0 Å². The number of hydrogen-bond acceptors (Lipinski definition) is 4. The fraction of sp³-hybridized carbons (Fsp3) is 0.556. The zero-order valence-electron chi connectivity index (χ0n) is 7.73. The van der Waals surface area contributed by atoms with Crippen LogP contribution < -0.4 is 4.90 Å². The monoisotopic (exact) mass is 213 g/mol. The molecular formula is C9H12ClN3O. The zero-order valence-corrected chi connectivity index (χ0v) is 8.48. The average Bonchev–Trinajstić information content (AvgIpc) is 2.67. The van der Waals surface area contributed by atoms with Gasteiger partial charge in [-0.05, 0) is 6.42 Å². The highest BCUT2D eigenvalue weighted by molar-refractivity contribution is 6.31. The van der Waals surface area contributed by atoms with Crippen LogP contribution in [0.25, 0.3) is 0 Å². The Labute approximate surface area is 87.5 Å². The van der Waals surface area contributed by atoms with Gasteiger partial charge in [-0.3, -0.25) is 0 Å². The summed E-state index contributed by atoms with van der Waals surface area (Å²) in [5, 5.41) is 9.44. The van der Waals surface area contributed by atoms with Crippen LogP contribution in [0.15, 0.2) is 12.4 Å². The van der Waals surface area contributed by atoms with Crippen LogP contribution >= 0.6 is 11.6 Å². The maximum Gasteiger partial charge on any atom is 0.171 e. The predicted octanol–water partition coefficient (Wildman–Crippen LogP) is 0.949. The van der Waals surface area contributed by atoms with E-state index in [4.69, 9.17) is 16.7 Å². The lowest BCUT2D eigenvalue weighted by atomic mass is 10.1. The molecule has 1 fully saturated rings. The first-order chi connectivity index (χ1) is 6.81. The van der Waals surface area contributed by atoms with Gasteiger partial charge in [0.1, 0.15) is 0 Å². The van der Waals surface area contributed by atoms with Gasteiger partial charge in [0.15, 0.2) is 11.0 Å². The minimum Gasteiger partial charge on any atom is -0.396 e. The van der Waals surface area contributed by atoms with E-state index in [1.54, 1.807) is 12.4 Å². The Kier molecular flexibility index (Phi) is 2.84. The SMILES string of the molecule is OC[C@H]1CCN(c2nccnc2Cl)C1. The van der Waals surface area contributed by atoms with Crippen LogP contribution in [0.4, 0.5) is 5.82 Å². The zero-order chi connectivity index (χ0) is 9.97. The summed E-state index contributed by atoms with van der Waals surface area (Å²) in [5.41, 5.74) is 0. The fourth-order valence-electron chi connectivity index (χ4n) is 1.70. The van der Waals surface area contributed by atoms with Gasteiger partial charge >= 0.3 is 0 Å². The molecule has 76 valence electrons. The highest BCUT2D eigenvalue weighted by atomic mass is 35.5. The van der Waals surface area contributed by atoms with Crippen molar-refractivity contribution >= 4 is 17.4 Å². The molecule has 1 aromatic rings. The summed E-state index contributed by atoms with van der Waals surface area (Å²) >= 11 is 5.92. The lowest BCUT2D eigenvalue weighted by molar-refractivity contribution is 0.238. The molecule has 1 aliphatic heterocycles. The molecule has 1 aromatic heterocycles. The molecule has 0 aromatic carbocycles. The third-order valence-corrected chi connectivity index (χ3v) is 2.75. The van der Waals surface area contributed by atoms with Crippen LogP contribution in [0.5, 0.6) is 0 Å². The second-order valence-electron chi connectivity index (χ2n) is 3.45. The molecule has 0 saturated carbocycles. The van der Waals surface area contributed by atoms with E-state index in [-0.39, 0.29) is 6.61 Å². The Morgan fingerprint density at radius 1 is 1.50 bits per heavy atom. The molecule has 1 aliphatic rings. The second-order valence-corrected chi connectivity index (χ2v) is 3.81. The number of rotatable bonds is 2. The van der Waals surface area contributed by atoms with Crippen LogP contribution in [0.2, 0.25) is 5.15 Å². The van der Waals surface area contributed by atoms with Gasteiger partial charge < -0.3 is 10.0 Å². The first kappa shape index (κ1) is 9.68. The molecule has 1 atom stereocenters. The summed E-state index contributed by atoms with van der Waals surface area (Å²) < 4.78 is 0. The molecule has 1 saturated heterocycles. The second kappa shape index (κ2) is 4.11. The number of halogens is 1. The molecule has 0 bridgehead atoms. The minimum atomic E-state index is 0.231. The van der Waals surface area contributed by atoms with Crippen LogP contribution in [0.3, 0.4) is 0 Å². The Morgan fingerprint density at radius 2 is 2.29 bits per heavy atom. The fourth-order valence-corrected chi connectivity index (χ4v) is 1.92. The predicted molar refractivity (Wildman–Crippen MR) is 54.4 cm³/mol. The molecule has 0 amide bonds. The summed E-state index contributed by atoms with van der Waals surface area (Å²) in [6.45, 7) is 1.94. The van der Waals surface area contributed by atoms with Crippen molar-refractivity contribution in [2.45, 2.75) is 6.42 Å². The number of aromatic nitrogens is 2. The highest BCUT2D eigenvalue weighted by Crippen LogP contribution is 2.26. The minimum absolute atomic E-state index is 0.231. The summed E-state index contributed by atoms with van der Waals surface area (Å²) in [5.74, 6) is 1.07. The van der Waals surface area contributed by atoms with Crippen molar-refractivity contribution in [2.24, 2.45) is 5.92 Å². The van der Waals surface area contributed by atoms with E-state index >= 15 is 0 Å². The van der Waals surface area contributed by atoms with Crippen molar-refractivity contribution in [3.8, 4) is 0 Å². The molecule has 0 spiro atoms. The van der Waals surface area contributed by atoms with E-state index in [9.17, 15) is 0 Å². The van der Waals surface area contributed by atoms with E-state index in [0.717, 1.165) is 25.3 Å². The topological polar surface area (TPSA) is 49.2 Å². The molecule has 1 N–H and O–H groups in total. The van der Waals surface area contributed by atoms with Crippen molar-refractivity contribution in [3.05, 3.63) is 17.5 Å². The standard InChI is InChI=1S/C9H12ClN3O/c10-8-9(12-3-2-11-8)13-4-1-7(5-13)6-14/h2-3,7,14H,1,4-6H2/t7-/m0/s1. The number of anilines is 1. The smallest absolute Gasteiger partial charge is 0.171 e. The largest absolute Gasteiger partial charge is 0.396 e.